The number of amides is 1. The fourth-order valence-corrected chi connectivity index (χ4v) is 3.06. The van der Waals surface area contributed by atoms with E-state index in [4.69, 9.17) is 14.2 Å². The van der Waals surface area contributed by atoms with Crippen molar-refractivity contribution in [2.75, 3.05) is 21.3 Å². The lowest BCUT2D eigenvalue weighted by molar-refractivity contribution is 0.0949. The minimum absolute atomic E-state index is 0.326. The number of H-pyrrole nitrogens is 1. The van der Waals surface area contributed by atoms with Gasteiger partial charge in [-0.3, -0.25) is 9.89 Å². The normalized spacial score (nSPS) is 13.3. The third-order valence-corrected chi connectivity index (χ3v) is 4.34. The smallest absolute Gasteiger partial charge is 0.292 e. The van der Waals surface area contributed by atoms with Crippen LogP contribution in [0.3, 0.4) is 0 Å². The number of nitrogens with zero attached hydrogens (tertiary/aromatic N) is 2. The van der Waals surface area contributed by atoms with Crippen LogP contribution in [-0.2, 0) is 12.8 Å². The Hall–Kier alpha value is -3.03. The zero-order valence-corrected chi connectivity index (χ0v) is 15.1. The summed E-state index contributed by atoms with van der Waals surface area (Å²) in [5.74, 6) is 1.20. The van der Waals surface area contributed by atoms with Crippen molar-refractivity contribution in [3.63, 3.8) is 0 Å². The van der Waals surface area contributed by atoms with Crippen molar-refractivity contribution in [1.29, 1.82) is 0 Å². The topological polar surface area (TPSA) is 97.8 Å². The number of methoxy groups -OCH3 is 3. The standard InChI is InChI=1S/C18H22N4O4/c1-24-14-8-11(9-15(25-2)17(14)26-3)10-19-22-18(23)16-12-6-4-5-7-13(12)20-21-16/h8-10H,4-7H2,1-3H3,(H,20,21)(H,22,23). The molecule has 0 atom stereocenters. The second-order valence-corrected chi connectivity index (χ2v) is 5.89. The molecule has 26 heavy (non-hydrogen) atoms. The molecule has 1 aliphatic carbocycles. The first-order valence-electron chi connectivity index (χ1n) is 8.37. The molecule has 0 radical (unpaired) electrons. The molecule has 138 valence electrons. The maximum Gasteiger partial charge on any atom is 0.292 e. The Morgan fingerprint density at radius 2 is 1.85 bits per heavy atom. The van der Waals surface area contributed by atoms with Gasteiger partial charge in [-0.2, -0.15) is 10.2 Å². The number of aryl methyl sites for hydroxylation is 1. The second-order valence-electron chi connectivity index (χ2n) is 5.89. The van der Waals surface area contributed by atoms with Crippen LogP contribution in [0.4, 0.5) is 0 Å². The molecule has 0 unspecified atom stereocenters. The van der Waals surface area contributed by atoms with Crippen molar-refractivity contribution in [2.24, 2.45) is 5.10 Å². The summed E-state index contributed by atoms with van der Waals surface area (Å²) in [6.07, 6.45) is 5.51. The Morgan fingerprint density at radius 1 is 1.15 bits per heavy atom. The average Bonchev–Trinajstić information content (AvgIpc) is 3.11. The molecule has 0 spiro atoms. The van der Waals surface area contributed by atoms with Crippen molar-refractivity contribution in [3.05, 3.63) is 34.6 Å². The highest BCUT2D eigenvalue weighted by Gasteiger charge is 2.21. The van der Waals surface area contributed by atoms with Crippen LogP contribution in [0.2, 0.25) is 0 Å². The van der Waals surface area contributed by atoms with Crippen LogP contribution in [0.25, 0.3) is 0 Å². The summed E-state index contributed by atoms with van der Waals surface area (Å²) in [6.45, 7) is 0. The summed E-state index contributed by atoms with van der Waals surface area (Å²) in [5, 5.41) is 11.1. The van der Waals surface area contributed by atoms with E-state index in [9.17, 15) is 4.79 Å². The van der Waals surface area contributed by atoms with E-state index in [1.165, 1.54) is 6.21 Å². The van der Waals surface area contributed by atoms with E-state index in [0.717, 1.165) is 36.9 Å². The number of hydrazone groups is 1. The molecule has 8 nitrogen and oxygen atoms in total. The van der Waals surface area contributed by atoms with E-state index < -0.39 is 0 Å². The molecule has 2 N–H and O–H groups in total. The third kappa shape index (κ3) is 3.49. The van der Waals surface area contributed by atoms with Crippen LogP contribution in [0.1, 0.15) is 40.2 Å². The molecule has 0 aliphatic heterocycles. The zero-order valence-electron chi connectivity index (χ0n) is 15.1. The van der Waals surface area contributed by atoms with Gasteiger partial charge < -0.3 is 14.2 Å². The van der Waals surface area contributed by atoms with Crippen LogP contribution in [0, 0.1) is 0 Å². The van der Waals surface area contributed by atoms with Crippen molar-refractivity contribution in [3.8, 4) is 17.2 Å². The van der Waals surface area contributed by atoms with Crippen LogP contribution in [0.15, 0.2) is 17.2 Å². The zero-order chi connectivity index (χ0) is 18.5. The van der Waals surface area contributed by atoms with Gasteiger partial charge in [-0.1, -0.05) is 0 Å². The van der Waals surface area contributed by atoms with Crippen LogP contribution in [-0.4, -0.2) is 43.6 Å². The number of hydrogen-bond donors (Lipinski definition) is 2. The summed E-state index contributed by atoms with van der Waals surface area (Å²) in [5.41, 5.74) is 5.69. The molecule has 1 amide bonds. The SMILES string of the molecule is COc1cc(C=NNC(=O)c2n[nH]c3c2CCCC3)cc(OC)c1OC. The first-order chi connectivity index (χ1) is 12.7. The van der Waals surface area contributed by atoms with Crippen molar-refractivity contribution in [1.82, 2.24) is 15.6 Å². The Morgan fingerprint density at radius 3 is 2.50 bits per heavy atom. The number of fused-ring (bicyclic) bond motifs is 1. The third-order valence-electron chi connectivity index (χ3n) is 4.34. The van der Waals surface area contributed by atoms with E-state index in [0.29, 0.717) is 28.5 Å². The summed E-state index contributed by atoms with van der Waals surface area (Å²) in [7, 11) is 4.63. The summed E-state index contributed by atoms with van der Waals surface area (Å²) in [4.78, 5) is 12.3. The molecule has 0 saturated carbocycles. The fourth-order valence-electron chi connectivity index (χ4n) is 3.06. The fraction of sp³-hybridized carbons (Fsp3) is 0.389. The molecule has 8 heteroatoms. The predicted octanol–water partition coefficient (Wildman–Crippen LogP) is 2.08. The minimum atomic E-state index is -0.326. The molecule has 0 saturated heterocycles. The minimum Gasteiger partial charge on any atom is -0.493 e. The average molecular weight is 358 g/mol. The number of aromatic nitrogens is 2. The van der Waals surface area contributed by atoms with Gasteiger partial charge in [-0.05, 0) is 37.8 Å². The number of ether oxygens (including phenoxy) is 3. The Kier molecular flexibility index (Phi) is 5.40. The lowest BCUT2D eigenvalue weighted by Crippen LogP contribution is -2.20. The molecule has 2 aromatic rings. The molecule has 3 rings (SSSR count). The summed E-state index contributed by atoms with van der Waals surface area (Å²) >= 11 is 0. The maximum absolute atomic E-state index is 12.3. The highest BCUT2D eigenvalue weighted by Crippen LogP contribution is 2.37. The molecule has 0 bridgehead atoms. The second kappa shape index (κ2) is 7.90. The Balaban J connectivity index is 1.74. The number of benzene rings is 1. The van der Waals surface area contributed by atoms with E-state index in [1.54, 1.807) is 33.5 Å². The number of aromatic amines is 1. The largest absolute Gasteiger partial charge is 0.493 e. The van der Waals surface area contributed by atoms with Crippen molar-refractivity contribution >= 4 is 12.1 Å². The summed E-state index contributed by atoms with van der Waals surface area (Å²) < 4.78 is 15.9. The highest BCUT2D eigenvalue weighted by molar-refractivity contribution is 5.94. The van der Waals surface area contributed by atoms with Gasteiger partial charge in [-0.25, -0.2) is 5.43 Å². The van der Waals surface area contributed by atoms with Gasteiger partial charge in [0.2, 0.25) is 5.75 Å². The molecular formula is C18H22N4O4. The number of carbonyl (C=O) groups is 1. The van der Waals surface area contributed by atoms with Crippen LogP contribution >= 0.6 is 0 Å². The van der Waals surface area contributed by atoms with Gasteiger partial charge in [0.15, 0.2) is 17.2 Å². The van der Waals surface area contributed by atoms with Crippen molar-refractivity contribution < 1.29 is 19.0 Å². The lowest BCUT2D eigenvalue weighted by atomic mass is 9.96. The Bertz CT molecular complexity index is 804. The van der Waals surface area contributed by atoms with Gasteiger partial charge in [0.1, 0.15) is 0 Å². The van der Waals surface area contributed by atoms with E-state index in [2.05, 4.69) is 20.7 Å². The van der Waals surface area contributed by atoms with Crippen LogP contribution < -0.4 is 19.6 Å². The molecule has 1 aliphatic rings. The van der Waals surface area contributed by atoms with E-state index in [-0.39, 0.29) is 5.91 Å². The van der Waals surface area contributed by atoms with Gasteiger partial charge >= 0.3 is 0 Å². The highest BCUT2D eigenvalue weighted by atomic mass is 16.5. The van der Waals surface area contributed by atoms with Gasteiger partial charge in [0, 0.05) is 16.8 Å². The Labute approximate surface area is 151 Å². The van der Waals surface area contributed by atoms with Gasteiger partial charge in [0.05, 0.1) is 27.5 Å². The van der Waals surface area contributed by atoms with E-state index >= 15 is 0 Å². The lowest BCUT2D eigenvalue weighted by Gasteiger charge is -2.12. The summed E-state index contributed by atoms with van der Waals surface area (Å²) in [6, 6.07) is 3.49. The first kappa shape index (κ1) is 17.8. The molecular weight excluding hydrogens is 336 g/mol. The molecule has 1 aromatic carbocycles. The monoisotopic (exact) mass is 358 g/mol. The van der Waals surface area contributed by atoms with Crippen LogP contribution in [0.5, 0.6) is 17.2 Å². The number of hydrogen-bond acceptors (Lipinski definition) is 6. The van der Waals surface area contributed by atoms with Gasteiger partial charge in [0.25, 0.3) is 5.91 Å². The molecule has 1 heterocycles. The van der Waals surface area contributed by atoms with Crippen molar-refractivity contribution in [2.45, 2.75) is 25.7 Å². The van der Waals surface area contributed by atoms with E-state index in [1.807, 2.05) is 0 Å². The molecule has 1 aromatic heterocycles. The number of carbonyl (C=O) groups excluding carboxylic acids is 1. The number of rotatable bonds is 6. The molecule has 0 fully saturated rings. The predicted molar refractivity (Wildman–Crippen MR) is 96.4 cm³/mol. The quantitative estimate of drug-likeness (QED) is 0.609. The first-order valence-corrected chi connectivity index (χ1v) is 8.37. The number of nitrogens with one attached hydrogen (secondary N) is 2. The van der Waals surface area contributed by atoms with Gasteiger partial charge in [-0.15, -0.1) is 0 Å². The maximum atomic E-state index is 12.3.